The highest BCUT2D eigenvalue weighted by molar-refractivity contribution is 7.91. The second-order valence-corrected chi connectivity index (χ2v) is 10.8. The number of piperazine rings is 1. The molecule has 4 rings (SSSR count). The van der Waals surface area contributed by atoms with E-state index in [1.807, 2.05) is 18.2 Å². The topological polar surface area (TPSA) is 79.8 Å². The Bertz CT molecular complexity index is 1190. The zero-order valence-electron chi connectivity index (χ0n) is 17.0. The molecule has 1 saturated heterocycles. The Balaban J connectivity index is 1.32. The fraction of sp³-hybridized carbons (Fsp3) is 0.333. The van der Waals surface area contributed by atoms with Crippen molar-refractivity contribution in [3.63, 3.8) is 0 Å². The lowest BCUT2D eigenvalue weighted by atomic mass is 10.3. The van der Waals surface area contributed by atoms with E-state index in [1.54, 1.807) is 28.4 Å². The van der Waals surface area contributed by atoms with Crippen LogP contribution < -0.4 is 9.64 Å². The third kappa shape index (κ3) is 4.94. The van der Waals surface area contributed by atoms with Crippen LogP contribution in [0.5, 0.6) is 5.75 Å². The molecule has 0 saturated carbocycles. The molecule has 164 valence electrons. The second-order valence-electron chi connectivity index (χ2n) is 7.22. The lowest BCUT2D eigenvalue weighted by Gasteiger charge is -2.34. The van der Waals surface area contributed by atoms with Crippen molar-refractivity contribution in [2.75, 3.05) is 43.9 Å². The molecule has 1 fully saturated rings. The molecular formula is C21H22ClN3O4S2. The van der Waals surface area contributed by atoms with Gasteiger partial charge in [-0.15, -0.1) is 0 Å². The number of aromatic nitrogens is 1. The lowest BCUT2D eigenvalue weighted by molar-refractivity contribution is -0.131. The van der Waals surface area contributed by atoms with Crippen LogP contribution in [-0.4, -0.2) is 63.3 Å². The summed E-state index contributed by atoms with van der Waals surface area (Å²) < 4.78 is 31.1. The largest absolute Gasteiger partial charge is 0.497 e. The molecule has 1 aromatic heterocycles. The van der Waals surface area contributed by atoms with Gasteiger partial charge in [-0.2, -0.15) is 0 Å². The molecule has 1 amide bonds. The number of halogens is 1. The molecule has 0 unspecified atom stereocenters. The first kappa shape index (κ1) is 21.9. The van der Waals surface area contributed by atoms with Crippen molar-refractivity contribution in [1.82, 2.24) is 9.88 Å². The van der Waals surface area contributed by atoms with Crippen molar-refractivity contribution in [1.29, 1.82) is 0 Å². The van der Waals surface area contributed by atoms with E-state index in [1.165, 1.54) is 19.2 Å². The van der Waals surface area contributed by atoms with Gasteiger partial charge in [0.15, 0.2) is 15.0 Å². The van der Waals surface area contributed by atoms with E-state index in [-0.39, 0.29) is 23.0 Å². The molecule has 0 aliphatic carbocycles. The van der Waals surface area contributed by atoms with Crippen molar-refractivity contribution in [3.05, 3.63) is 47.5 Å². The summed E-state index contributed by atoms with van der Waals surface area (Å²) in [5, 5.41) is 1.59. The molecule has 1 aliphatic rings. The minimum absolute atomic E-state index is 0.0337. The number of anilines is 1. The highest BCUT2D eigenvalue weighted by Gasteiger charge is 2.25. The summed E-state index contributed by atoms with van der Waals surface area (Å²) in [4.78, 5) is 21.3. The highest BCUT2D eigenvalue weighted by atomic mass is 35.5. The maximum atomic E-state index is 12.6. The van der Waals surface area contributed by atoms with Crippen LogP contribution in [0.25, 0.3) is 10.2 Å². The molecule has 1 aliphatic heterocycles. The number of benzene rings is 2. The number of carbonyl (C=O) groups excluding carboxylic acids is 1. The van der Waals surface area contributed by atoms with Crippen LogP contribution >= 0.6 is 22.9 Å². The molecular weight excluding hydrogens is 458 g/mol. The van der Waals surface area contributed by atoms with Crippen LogP contribution in [0.3, 0.4) is 0 Å². The maximum Gasteiger partial charge on any atom is 0.223 e. The zero-order chi connectivity index (χ0) is 22.0. The number of hydrogen-bond donors (Lipinski definition) is 0. The third-order valence-corrected chi connectivity index (χ3v) is 8.29. The minimum Gasteiger partial charge on any atom is -0.497 e. The monoisotopic (exact) mass is 479 g/mol. The van der Waals surface area contributed by atoms with Crippen molar-refractivity contribution in [3.8, 4) is 5.75 Å². The predicted octanol–water partition coefficient (Wildman–Crippen LogP) is 3.47. The first-order valence-corrected chi connectivity index (χ1v) is 12.7. The molecule has 3 aromatic rings. The van der Waals surface area contributed by atoms with Gasteiger partial charge in [-0.1, -0.05) is 22.9 Å². The van der Waals surface area contributed by atoms with Crippen molar-refractivity contribution < 1.29 is 17.9 Å². The molecule has 0 atom stereocenters. The fourth-order valence-electron chi connectivity index (χ4n) is 3.45. The molecule has 10 heteroatoms. The van der Waals surface area contributed by atoms with E-state index >= 15 is 0 Å². The van der Waals surface area contributed by atoms with Crippen LogP contribution in [0.15, 0.2) is 47.4 Å². The Morgan fingerprint density at radius 1 is 1.13 bits per heavy atom. The summed E-state index contributed by atoms with van der Waals surface area (Å²) in [6.07, 6.45) is -0.0337. The molecule has 2 aromatic carbocycles. The SMILES string of the molecule is COc1ccc(S(=O)(=O)CCC(=O)N2CCN(c3nc4ccc(Cl)cc4s3)CC2)cc1. The van der Waals surface area contributed by atoms with Gasteiger partial charge in [0.05, 0.1) is 28.0 Å². The number of nitrogens with zero attached hydrogens (tertiary/aromatic N) is 3. The Kier molecular flexibility index (Phi) is 6.36. The second kappa shape index (κ2) is 9.02. The smallest absolute Gasteiger partial charge is 0.223 e. The number of ether oxygens (including phenoxy) is 1. The van der Waals surface area contributed by atoms with Gasteiger partial charge >= 0.3 is 0 Å². The van der Waals surface area contributed by atoms with Gasteiger partial charge in [-0.05, 0) is 42.5 Å². The quantitative estimate of drug-likeness (QED) is 0.538. The van der Waals surface area contributed by atoms with Crippen molar-refractivity contribution >= 4 is 54.0 Å². The molecule has 0 N–H and O–H groups in total. The molecule has 7 nitrogen and oxygen atoms in total. The van der Waals surface area contributed by atoms with Gasteiger partial charge < -0.3 is 14.5 Å². The Hall–Kier alpha value is -2.36. The first-order chi connectivity index (χ1) is 14.9. The van der Waals surface area contributed by atoms with Crippen LogP contribution in [0.1, 0.15) is 6.42 Å². The number of rotatable bonds is 6. The molecule has 31 heavy (non-hydrogen) atoms. The maximum absolute atomic E-state index is 12.6. The molecule has 0 spiro atoms. The van der Waals surface area contributed by atoms with Gasteiger partial charge in [-0.3, -0.25) is 4.79 Å². The number of fused-ring (bicyclic) bond motifs is 1. The highest BCUT2D eigenvalue weighted by Crippen LogP contribution is 2.31. The number of sulfone groups is 1. The average molecular weight is 480 g/mol. The first-order valence-electron chi connectivity index (χ1n) is 9.81. The normalized spacial score (nSPS) is 14.8. The summed E-state index contributed by atoms with van der Waals surface area (Å²) in [7, 11) is -2.00. The Morgan fingerprint density at radius 3 is 2.52 bits per heavy atom. The lowest BCUT2D eigenvalue weighted by Crippen LogP contribution is -2.49. The fourth-order valence-corrected chi connectivity index (χ4v) is 5.97. The van der Waals surface area contributed by atoms with Crippen LogP contribution in [-0.2, 0) is 14.6 Å². The zero-order valence-corrected chi connectivity index (χ0v) is 19.3. The van der Waals surface area contributed by atoms with Crippen LogP contribution in [0, 0.1) is 0 Å². The van der Waals surface area contributed by atoms with Gasteiger partial charge in [0.25, 0.3) is 0 Å². The number of methoxy groups -OCH3 is 1. The number of thiazole rings is 1. The van der Waals surface area contributed by atoms with E-state index in [0.717, 1.165) is 15.3 Å². The Morgan fingerprint density at radius 2 is 1.84 bits per heavy atom. The number of amides is 1. The summed E-state index contributed by atoms with van der Waals surface area (Å²) >= 11 is 7.63. The van der Waals surface area contributed by atoms with E-state index < -0.39 is 9.84 Å². The van der Waals surface area contributed by atoms with E-state index in [2.05, 4.69) is 9.88 Å². The van der Waals surface area contributed by atoms with Crippen LogP contribution in [0.2, 0.25) is 5.02 Å². The van der Waals surface area contributed by atoms with Gasteiger partial charge in [0.1, 0.15) is 5.75 Å². The van der Waals surface area contributed by atoms with Gasteiger partial charge in [0.2, 0.25) is 5.91 Å². The molecule has 0 bridgehead atoms. The average Bonchev–Trinajstić information content (AvgIpc) is 3.21. The number of hydrogen-bond acceptors (Lipinski definition) is 7. The van der Waals surface area contributed by atoms with Gasteiger partial charge in [-0.25, -0.2) is 13.4 Å². The van der Waals surface area contributed by atoms with E-state index in [0.29, 0.717) is 37.0 Å². The third-order valence-electron chi connectivity index (χ3n) is 5.25. The molecule has 2 heterocycles. The van der Waals surface area contributed by atoms with Crippen molar-refractivity contribution in [2.24, 2.45) is 0 Å². The number of carbonyl (C=O) groups is 1. The summed E-state index contributed by atoms with van der Waals surface area (Å²) in [5.74, 6) is 0.230. The van der Waals surface area contributed by atoms with Crippen molar-refractivity contribution in [2.45, 2.75) is 11.3 Å². The summed E-state index contributed by atoms with van der Waals surface area (Å²) in [5.41, 5.74) is 0.909. The Labute approximate surface area is 190 Å². The standard InChI is InChI=1S/C21H22ClN3O4S2/c1-29-16-3-5-17(6-4-16)31(27,28)13-8-20(26)24-9-11-25(12-10-24)21-23-18-7-2-15(22)14-19(18)30-21/h2-7,14H,8-13H2,1H3. The predicted molar refractivity (Wildman–Crippen MR) is 123 cm³/mol. The summed E-state index contributed by atoms with van der Waals surface area (Å²) in [6, 6.07) is 11.8. The van der Waals surface area contributed by atoms with E-state index in [4.69, 9.17) is 16.3 Å². The minimum atomic E-state index is -3.52. The van der Waals surface area contributed by atoms with Gasteiger partial charge in [0, 0.05) is 37.6 Å². The molecule has 0 radical (unpaired) electrons. The summed E-state index contributed by atoms with van der Waals surface area (Å²) in [6.45, 7) is 2.39. The van der Waals surface area contributed by atoms with E-state index in [9.17, 15) is 13.2 Å². The van der Waals surface area contributed by atoms with Crippen LogP contribution in [0.4, 0.5) is 5.13 Å².